The van der Waals surface area contributed by atoms with Crippen LogP contribution < -0.4 is 5.32 Å². The summed E-state index contributed by atoms with van der Waals surface area (Å²) in [6.45, 7) is 5.52. The van der Waals surface area contributed by atoms with Crippen LogP contribution in [-0.2, 0) is 24.3 Å². The SMILES string of the molecule is CCN(CC)S(=O)(=O)c1ccc(/C=C/C(=O)OCC(=O)Nc2cc(C)on2)cc1. The lowest BCUT2D eigenvalue weighted by atomic mass is 10.2. The van der Waals surface area contributed by atoms with Gasteiger partial charge in [0.15, 0.2) is 12.4 Å². The number of esters is 1. The number of carbonyl (C=O) groups excluding carboxylic acids is 2. The number of sulfonamides is 1. The zero-order valence-corrected chi connectivity index (χ0v) is 17.2. The number of aryl methyl sites for hydroxylation is 1. The Morgan fingerprint density at radius 2 is 1.86 bits per heavy atom. The molecule has 156 valence electrons. The number of rotatable bonds is 9. The summed E-state index contributed by atoms with van der Waals surface area (Å²) in [7, 11) is -3.53. The normalized spacial score (nSPS) is 11.7. The molecule has 10 heteroatoms. The van der Waals surface area contributed by atoms with Crippen LogP contribution in [0.15, 0.2) is 45.8 Å². The summed E-state index contributed by atoms with van der Waals surface area (Å²) in [5.41, 5.74) is 0.614. The Kier molecular flexibility index (Phi) is 7.68. The summed E-state index contributed by atoms with van der Waals surface area (Å²) < 4.78 is 35.9. The fourth-order valence-electron chi connectivity index (χ4n) is 2.42. The highest BCUT2D eigenvalue weighted by atomic mass is 32.2. The van der Waals surface area contributed by atoms with Crippen molar-refractivity contribution in [2.45, 2.75) is 25.7 Å². The highest BCUT2D eigenvalue weighted by Crippen LogP contribution is 2.16. The third kappa shape index (κ3) is 6.26. The van der Waals surface area contributed by atoms with Gasteiger partial charge < -0.3 is 14.6 Å². The van der Waals surface area contributed by atoms with Gasteiger partial charge in [0.05, 0.1) is 4.90 Å². The molecule has 2 rings (SSSR count). The second-order valence-corrected chi connectivity index (χ2v) is 7.91. The molecule has 1 heterocycles. The lowest BCUT2D eigenvalue weighted by Gasteiger charge is -2.18. The molecule has 2 aromatic rings. The van der Waals surface area contributed by atoms with E-state index in [1.807, 2.05) is 0 Å². The minimum atomic E-state index is -3.53. The van der Waals surface area contributed by atoms with E-state index in [0.29, 0.717) is 24.4 Å². The van der Waals surface area contributed by atoms with Crippen molar-refractivity contribution in [1.29, 1.82) is 0 Å². The van der Waals surface area contributed by atoms with E-state index in [2.05, 4.69) is 10.5 Å². The van der Waals surface area contributed by atoms with Gasteiger partial charge in [0.2, 0.25) is 10.0 Å². The first-order valence-corrected chi connectivity index (χ1v) is 10.4. The van der Waals surface area contributed by atoms with Crippen molar-refractivity contribution in [3.8, 4) is 0 Å². The summed E-state index contributed by atoms with van der Waals surface area (Å²) in [5.74, 6) is -0.489. The van der Waals surface area contributed by atoms with Crippen molar-refractivity contribution in [1.82, 2.24) is 9.46 Å². The lowest BCUT2D eigenvalue weighted by molar-refractivity contribution is -0.142. The zero-order chi connectivity index (χ0) is 21.4. The number of ether oxygens (including phenoxy) is 1. The minimum absolute atomic E-state index is 0.181. The van der Waals surface area contributed by atoms with Crippen LogP contribution >= 0.6 is 0 Å². The van der Waals surface area contributed by atoms with Gasteiger partial charge in [-0.2, -0.15) is 4.31 Å². The largest absolute Gasteiger partial charge is 0.452 e. The molecule has 1 N–H and O–H groups in total. The molecule has 0 bridgehead atoms. The van der Waals surface area contributed by atoms with E-state index in [1.165, 1.54) is 28.6 Å². The first-order chi connectivity index (χ1) is 13.8. The zero-order valence-electron chi connectivity index (χ0n) is 16.4. The van der Waals surface area contributed by atoms with E-state index in [1.54, 1.807) is 32.9 Å². The van der Waals surface area contributed by atoms with Crippen molar-refractivity contribution in [3.63, 3.8) is 0 Å². The molecule has 0 saturated heterocycles. The molecule has 0 saturated carbocycles. The smallest absolute Gasteiger partial charge is 0.331 e. The fourth-order valence-corrected chi connectivity index (χ4v) is 3.87. The molecular weight excluding hydrogens is 398 g/mol. The van der Waals surface area contributed by atoms with Gasteiger partial charge in [0.25, 0.3) is 5.91 Å². The summed E-state index contributed by atoms with van der Waals surface area (Å²) in [6, 6.07) is 7.65. The van der Waals surface area contributed by atoms with Gasteiger partial charge in [-0.1, -0.05) is 31.1 Å². The molecular formula is C19H23N3O6S. The van der Waals surface area contributed by atoms with Crippen LogP contribution in [0.5, 0.6) is 0 Å². The maximum Gasteiger partial charge on any atom is 0.331 e. The van der Waals surface area contributed by atoms with Gasteiger partial charge >= 0.3 is 5.97 Å². The van der Waals surface area contributed by atoms with Gasteiger partial charge in [-0.25, -0.2) is 13.2 Å². The maximum absolute atomic E-state index is 12.4. The van der Waals surface area contributed by atoms with E-state index >= 15 is 0 Å². The third-order valence-corrected chi connectivity index (χ3v) is 5.94. The second kappa shape index (κ2) is 9.99. The molecule has 0 atom stereocenters. The lowest BCUT2D eigenvalue weighted by Crippen LogP contribution is -2.30. The Morgan fingerprint density at radius 3 is 2.41 bits per heavy atom. The van der Waals surface area contributed by atoms with Crippen molar-refractivity contribution < 1.29 is 27.3 Å². The highest BCUT2D eigenvalue weighted by Gasteiger charge is 2.20. The van der Waals surface area contributed by atoms with E-state index in [0.717, 1.165) is 6.08 Å². The van der Waals surface area contributed by atoms with Gasteiger partial charge in [-0.3, -0.25) is 4.79 Å². The standard InChI is InChI=1S/C19H23N3O6S/c1-4-22(5-2)29(25,26)16-9-6-15(7-10-16)8-11-19(24)27-13-18(23)20-17-12-14(3)28-21-17/h6-12H,4-5,13H2,1-3H3,(H,20,21,23)/b11-8+. The van der Waals surface area contributed by atoms with Crippen LogP contribution in [0.25, 0.3) is 6.08 Å². The number of carbonyl (C=O) groups is 2. The van der Waals surface area contributed by atoms with Crippen LogP contribution in [0.4, 0.5) is 5.82 Å². The first-order valence-electron chi connectivity index (χ1n) is 8.94. The molecule has 0 unspecified atom stereocenters. The van der Waals surface area contributed by atoms with Crippen LogP contribution in [0.2, 0.25) is 0 Å². The third-order valence-electron chi connectivity index (χ3n) is 3.88. The molecule has 9 nitrogen and oxygen atoms in total. The number of aromatic nitrogens is 1. The van der Waals surface area contributed by atoms with E-state index < -0.39 is 28.5 Å². The number of benzene rings is 1. The molecule has 0 aliphatic rings. The molecule has 1 aromatic carbocycles. The van der Waals surface area contributed by atoms with Crippen LogP contribution in [0, 0.1) is 6.92 Å². The number of hydrogen-bond donors (Lipinski definition) is 1. The molecule has 0 aliphatic carbocycles. The Balaban J connectivity index is 1.89. The van der Waals surface area contributed by atoms with Crippen LogP contribution in [0.1, 0.15) is 25.2 Å². The Labute approximate surface area is 169 Å². The van der Waals surface area contributed by atoms with Gasteiger partial charge in [-0.05, 0) is 30.7 Å². The molecule has 0 radical (unpaired) electrons. The van der Waals surface area contributed by atoms with Crippen molar-refractivity contribution in [2.24, 2.45) is 0 Å². The first kappa shape index (κ1) is 22.3. The number of nitrogens with zero attached hydrogens (tertiary/aromatic N) is 2. The number of nitrogens with one attached hydrogen (secondary N) is 1. The summed E-state index contributed by atoms with van der Waals surface area (Å²) >= 11 is 0. The average molecular weight is 421 g/mol. The number of amides is 1. The van der Waals surface area contributed by atoms with E-state index in [-0.39, 0.29) is 10.7 Å². The van der Waals surface area contributed by atoms with Crippen molar-refractivity contribution in [2.75, 3.05) is 25.0 Å². The molecule has 29 heavy (non-hydrogen) atoms. The predicted molar refractivity (Wildman–Crippen MR) is 106 cm³/mol. The van der Waals surface area contributed by atoms with E-state index in [9.17, 15) is 18.0 Å². The Bertz CT molecular complexity index is 976. The monoisotopic (exact) mass is 421 g/mol. The topological polar surface area (TPSA) is 119 Å². The van der Waals surface area contributed by atoms with Gasteiger partial charge in [0.1, 0.15) is 5.76 Å². The molecule has 0 aliphatic heterocycles. The summed E-state index contributed by atoms with van der Waals surface area (Å²) in [4.78, 5) is 23.6. The number of hydrogen-bond acceptors (Lipinski definition) is 7. The van der Waals surface area contributed by atoms with Crippen molar-refractivity contribution in [3.05, 3.63) is 47.7 Å². The quantitative estimate of drug-likeness (QED) is 0.487. The second-order valence-electron chi connectivity index (χ2n) is 5.97. The summed E-state index contributed by atoms with van der Waals surface area (Å²) in [5, 5.41) is 6.02. The van der Waals surface area contributed by atoms with E-state index in [4.69, 9.17) is 9.26 Å². The predicted octanol–water partition coefficient (Wildman–Crippen LogP) is 2.21. The molecule has 0 fully saturated rings. The number of anilines is 1. The maximum atomic E-state index is 12.4. The molecule has 1 amide bonds. The van der Waals surface area contributed by atoms with Crippen molar-refractivity contribution >= 4 is 33.8 Å². The minimum Gasteiger partial charge on any atom is -0.452 e. The van der Waals surface area contributed by atoms with Crippen LogP contribution in [-0.4, -0.2) is 49.5 Å². The molecule has 0 spiro atoms. The molecule has 1 aromatic heterocycles. The Hall–Kier alpha value is -2.98. The highest BCUT2D eigenvalue weighted by molar-refractivity contribution is 7.89. The van der Waals surface area contributed by atoms with Gasteiger partial charge in [0, 0.05) is 25.2 Å². The Morgan fingerprint density at radius 1 is 1.21 bits per heavy atom. The summed E-state index contributed by atoms with van der Waals surface area (Å²) in [6.07, 6.45) is 2.62. The average Bonchev–Trinajstić information content (AvgIpc) is 3.10. The van der Waals surface area contributed by atoms with Crippen LogP contribution in [0.3, 0.4) is 0 Å². The van der Waals surface area contributed by atoms with Gasteiger partial charge in [-0.15, -0.1) is 0 Å². The fraction of sp³-hybridized carbons (Fsp3) is 0.316.